The van der Waals surface area contributed by atoms with Gasteiger partial charge in [-0.3, -0.25) is 9.59 Å². The molecule has 4 nitrogen and oxygen atoms in total. The van der Waals surface area contributed by atoms with Crippen molar-refractivity contribution in [3.63, 3.8) is 0 Å². The van der Waals surface area contributed by atoms with E-state index in [1.165, 1.54) is 0 Å². The summed E-state index contributed by atoms with van der Waals surface area (Å²) in [6, 6.07) is 11.6. The zero-order chi connectivity index (χ0) is 20.6. The molecule has 2 aromatic rings. The molecule has 1 aromatic carbocycles. The fourth-order valence-electron chi connectivity index (χ4n) is 4.08. The number of hydrogen-bond acceptors (Lipinski definition) is 3. The van der Waals surface area contributed by atoms with Crippen molar-refractivity contribution in [2.24, 2.45) is 0 Å². The number of nitrogens with one attached hydrogen (secondary N) is 1. The molecule has 156 valence electrons. The van der Waals surface area contributed by atoms with Gasteiger partial charge in [0.1, 0.15) is 6.04 Å². The molecule has 3 rings (SSSR count). The summed E-state index contributed by atoms with van der Waals surface area (Å²) in [7, 11) is 0. The van der Waals surface area contributed by atoms with Gasteiger partial charge in [0.15, 0.2) is 0 Å². The molecule has 1 saturated carbocycles. The smallest absolute Gasteiger partial charge is 0.247 e. The molecule has 2 amide bonds. The Morgan fingerprint density at radius 1 is 1.17 bits per heavy atom. The van der Waals surface area contributed by atoms with E-state index in [2.05, 4.69) is 12.2 Å². The number of hydrogen-bond donors (Lipinski definition) is 1. The van der Waals surface area contributed by atoms with Gasteiger partial charge in [-0.25, -0.2) is 0 Å². The van der Waals surface area contributed by atoms with E-state index >= 15 is 0 Å². The maximum absolute atomic E-state index is 13.5. The third kappa shape index (κ3) is 5.69. The van der Waals surface area contributed by atoms with Gasteiger partial charge in [-0.2, -0.15) is 0 Å². The molecule has 1 heterocycles. The molecule has 29 heavy (non-hydrogen) atoms. The minimum absolute atomic E-state index is 0.0238. The zero-order valence-electron chi connectivity index (χ0n) is 17.5. The summed E-state index contributed by atoms with van der Waals surface area (Å²) in [5.74, 6) is -0.0162. The van der Waals surface area contributed by atoms with Gasteiger partial charge in [-0.15, -0.1) is 11.3 Å². The van der Waals surface area contributed by atoms with Crippen molar-refractivity contribution in [3.8, 4) is 0 Å². The first-order valence-corrected chi connectivity index (χ1v) is 11.7. The van der Waals surface area contributed by atoms with Crippen molar-refractivity contribution in [1.29, 1.82) is 0 Å². The van der Waals surface area contributed by atoms with E-state index in [0.717, 1.165) is 54.5 Å². The maximum Gasteiger partial charge on any atom is 0.247 e. The zero-order valence-corrected chi connectivity index (χ0v) is 18.3. The lowest BCUT2D eigenvalue weighted by atomic mass is 9.97. The average molecular weight is 413 g/mol. The fraction of sp³-hybridized carbons (Fsp3) is 0.500. The molecule has 1 atom stereocenters. The largest absolute Gasteiger partial charge is 0.351 e. The summed E-state index contributed by atoms with van der Waals surface area (Å²) >= 11 is 1.59. The van der Waals surface area contributed by atoms with Crippen molar-refractivity contribution in [2.45, 2.75) is 70.9 Å². The van der Waals surface area contributed by atoms with E-state index in [1.807, 2.05) is 53.6 Å². The number of aryl methyl sites for hydroxylation is 1. The summed E-state index contributed by atoms with van der Waals surface area (Å²) in [6.07, 6.45) is 6.60. The van der Waals surface area contributed by atoms with E-state index in [4.69, 9.17) is 0 Å². The standard InChI is InChI=1S/C24H32N2O2S/c1-3-4-15-26(22(27)17-20-13-9-16-29-20)23(21-14-8-5-10-18(21)2)24(28)25-19-11-6-7-12-19/h5,8-10,13-14,16,19,23H,3-4,6-7,11-12,15,17H2,1-2H3,(H,25,28). The van der Waals surface area contributed by atoms with Crippen LogP contribution in [0.15, 0.2) is 41.8 Å². The molecule has 0 aliphatic heterocycles. The first-order valence-electron chi connectivity index (χ1n) is 10.8. The van der Waals surface area contributed by atoms with Crippen molar-refractivity contribution in [1.82, 2.24) is 10.2 Å². The highest BCUT2D eigenvalue weighted by atomic mass is 32.1. The third-order valence-electron chi connectivity index (χ3n) is 5.72. The first-order chi connectivity index (χ1) is 14.1. The number of nitrogens with zero attached hydrogens (tertiary/aromatic N) is 1. The average Bonchev–Trinajstić information content (AvgIpc) is 3.40. The normalized spacial score (nSPS) is 15.2. The van der Waals surface area contributed by atoms with Gasteiger partial charge < -0.3 is 10.2 Å². The maximum atomic E-state index is 13.5. The molecule has 0 spiro atoms. The van der Waals surface area contributed by atoms with Crippen LogP contribution in [0.3, 0.4) is 0 Å². The highest BCUT2D eigenvalue weighted by Crippen LogP contribution is 2.28. The predicted octanol–water partition coefficient (Wildman–Crippen LogP) is 5.03. The van der Waals surface area contributed by atoms with Gasteiger partial charge in [-0.1, -0.05) is 56.5 Å². The SMILES string of the molecule is CCCCN(C(=O)Cc1cccs1)C(C(=O)NC1CCCC1)c1ccccc1C. The number of amides is 2. The lowest BCUT2D eigenvalue weighted by Crippen LogP contribution is -2.47. The van der Waals surface area contributed by atoms with Crippen LogP contribution in [-0.2, 0) is 16.0 Å². The van der Waals surface area contributed by atoms with Crippen LogP contribution >= 0.6 is 11.3 Å². The number of benzene rings is 1. The Morgan fingerprint density at radius 3 is 2.59 bits per heavy atom. The molecule has 1 N–H and O–H groups in total. The van der Waals surface area contributed by atoms with Gasteiger partial charge in [0.05, 0.1) is 6.42 Å². The van der Waals surface area contributed by atoms with Crippen molar-refractivity contribution >= 4 is 23.2 Å². The monoisotopic (exact) mass is 412 g/mol. The molecule has 0 radical (unpaired) electrons. The molecule has 1 aliphatic carbocycles. The Kier molecular flexibility index (Phi) is 7.87. The van der Waals surface area contributed by atoms with Crippen molar-refractivity contribution in [2.75, 3.05) is 6.54 Å². The van der Waals surface area contributed by atoms with Crippen LogP contribution in [0.2, 0.25) is 0 Å². The lowest BCUT2D eigenvalue weighted by molar-refractivity contribution is -0.140. The third-order valence-corrected chi connectivity index (χ3v) is 6.60. The summed E-state index contributed by atoms with van der Waals surface area (Å²) in [5.41, 5.74) is 1.98. The number of rotatable bonds is 9. The Labute approximate surface area is 178 Å². The molecule has 1 aliphatic rings. The molecule has 0 bridgehead atoms. The number of unbranched alkanes of at least 4 members (excludes halogenated alkanes) is 1. The predicted molar refractivity (Wildman–Crippen MR) is 119 cm³/mol. The van der Waals surface area contributed by atoms with E-state index in [-0.39, 0.29) is 17.9 Å². The summed E-state index contributed by atoms with van der Waals surface area (Å²) in [5, 5.41) is 5.24. The second-order valence-corrected chi connectivity index (χ2v) is 8.98. The molecule has 1 unspecified atom stereocenters. The number of thiophene rings is 1. The minimum atomic E-state index is -0.573. The van der Waals surface area contributed by atoms with Crippen molar-refractivity contribution < 1.29 is 9.59 Å². The van der Waals surface area contributed by atoms with E-state index < -0.39 is 6.04 Å². The molecule has 5 heteroatoms. The summed E-state index contributed by atoms with van der Waals surface area (Å²) in [6.45, 7) is 4.73. The Morgan fingerprint density at radius 2 is 1.93 bits per heavy atom. The van der Waals surface area contributed by atoms with Gasteiger partial charge in [0, 0.05) is 17.5 Å². The van der Waals surface area contributed by atoms with Crippen LogP contribution < -0.4 is 5.32 Å². The van der Waals surface area contributed by atoms with Crippen LogP contribution in [0.5, 0.6) is 0 Å². The second-order valence-electron chi connectivity index (χ2n) is 7.95. The highest BCUT2D eigenvalue weighted by molar-refractivity contribution is 7.10. The molecular formula is C24H32N2O2S. The highest BCUT2D eigenvalue weighted by Gasteiger charge is 2.33. The van der Waals surface area contributed by atoms with Gasteiger partial charge in [0.25, 0.3) is 0 Å². The lowest BCUT2D eigenvalue weighted by Gasteiger charge is -2.33. The van der Waals surface area contributed by atoms with Gasteiger partial charge >= 0.3 is 0 Å². The van der Waals surface area contributed by atoms with Gasteiger partial charge in [0.2, 0.25) is 11.8 Å². The van der Waals surface area contributed by atoms with Crippen LogP contribution in [0.4, 0.5) is 0 Å². The Hall–Kier alpha value is -2.14. The van der Waals surface area contributed by atoms with Crippen LogP contribution in [-0.4, -0.2) is 29.3 Å². The van der Waals surface area contributed by atoms with Gasteiger partial charge in [-0.05, 0) is 48.8 Å². The van der Waals surface area contributed by atoms with Crippen LogP contribution in [0.1, 0.15) is 67.5 Å². The fourth-order valence-corrected chi connectivity index (χ4v) is 4.78. The summed E-state index contributed by atoms with van der Waals surface area (Å²) in [4.78, 5) is 29.7. The Balaban J connectivity index is 1.91. The van der Waals surface area contributed by atoms with E-state index in [1.54, 1.807) is 11.3 Å². The van der Waals surface area contributed by atoms with Crippen molar-refractivity contribution in [3.05, 3.63) is 57.8 Å². The quantitative estimate of drug-likeness (QED) is 0.628. The molecule has 0 saturated heterocycles. The topological polar surface area (TPSA) is 49.4 Å². The number of carbonyl (C=O) groups is 2. The minimum Gasteiger partial charge on any atom is -0.351 e. The van der Waals surface area contributed by atoms with Crippen LogP contribution in [0.25, 0.3) is 0 Å². The molecular weight excluding hydrogens is 380 g/mol. The van der Waals surface area contributed by atoms with E-state index in [0.29, 0.717) is 13.0 Å². The molecule has 1 aromatic heterocycles. The van der Waals surface area contributed by atoms with Crippen LogP contribution in [0, 0.1) is 6.92 Å². The number of carbonyl (C=O) groups excluding carboxylic acids is 2. The summed E-state index contributed by atoms with van der Waals surface area (Å²) < 4.78 is 0. The van der Waals surface area contributed by atoms with E-state index in [9.17, 15) is 9.59 Å². The Bertz CT molecular complexity index is 797. The molecule has 1 fully saturated rings. The second kappa shape index (κ2) is 10.6. The first kappa shape index (κ1) is 21.6.